The highest BCUT2D eigenvalue weighted by atomic mass is 16.2. The van der Waals surface area contributed by atoms with Crippen LogP contribution in [0.5, 0.6) is 0 Å². The fraction of sp³-hybridized carbons (Fsp3) is 0.250. The molecule has 0 aliphatic carbocycles. The summed E-state index contributed by atoms with van der Waals surface area (Å²) in [6.07, 6.45) is 3.46. The molecule has 2 heterocycles. The molecule has 0 fully saturated rings. The molecule has 0 bridgehead atoms. The lowest BCUT2D eigenvalue weighted by Gasteiger charge is -2.16. The standard InChI is InChI=1S/C20H23N5O/c1-14(17-8-4-6-16-7-5-10-22-19(16)17)23-20(26)24-18-12-15(9-11-21-18)13-25(2)3/h4-12,14H,13H2,1-3H3,(H2,21,23,24,26). The average Bonchev–Trinajstić information content (AvgIpc) is 2.60. The maximum atomic E-state index is 12.4. The number of anilines is 1. The Balaban J connectivity index is 1.70. The number of rotatable bonds is 5. The van der Waals surface area contributed by atoms with E-state index < -0.39 is 0 Å². The number of hydrogen-bond donors (Lipinski definition) is 2. The van der Waals surface area contributed by atoms with Gasteiger partial charge in [0.2, 0.25) is 0 Å². The molecule has 3 rings (SSSR count). The molecular formula is C20H23N5O. The normalized spacial score (nSPS) is 12.2. The molecule has 6 heteroatoms. The van der Waals surface area contributed by atoms with Crippen molar-refractivity contribution in [2.24, 2.45) is 0 Å². The third-order valence-corrected chi connectivity index (χ3v) is 4.04. The van der Waals surface area contributed by atoms with Crippen molar-refractivity contribution in [1.29, 1.82) is 0 Å². The van der Waals surface area contributed by atoms with Crippen molar-refractivity contribution in [3.05, 3.63) is 66.0 Å². The number of carbonyl (C=O) groups excluding carboxylic acids is 1. The average molecular weight is 349 g/mol. The first-order chi connectivity index (χ1) is 12.5. The van der Waals surface area contributed by atoms with Gasteiger partial charge in [-0.3, -0.25) is 10.3 Å². The van der Waals surface area contributed by atoms with Gasteiger partial charge < -0.3 is 10.2 Å². The van der Waals surface area contributed by atoms with Crippen molar-refractivity contribution in [3.63, 3.8) is 0 Å². The summed E-state index contributed by atoms with van der Waals surface area (Å²) in [5.74, 6) is 0.532. The molecule has 0 radical (unpaired) electrons. The van der Waals surface area contributed by atoms with Crippen LogP contribution >= 0.6 is 0 Å². The van der Waals surface area contributed by atoms with E-state index in [0.717, 1.165) is 28.6 Å². The molecule has 3 aromatic rings. The zero-order valence-corrected chi connectivity index (χ0v) is 15.2. The Bertz CT molecular complexity index is 904. The second-order valence-corrected chi connectivity index (χ2v) is 6.53. The molecule has 0 spiro atoms. The van der Waals surface area contributed by atoms with Gasteiger partial charge in [0.05, 0.1) is 11.6 Å². The first-order valence-corrected chi connectivity index (χ1v) is 8.54. The minimum absolute atomic E-state index is 0.182. The van der Waals surface area contributed by atoms with Gasteiger partial charge in [-0.05, 0) is 44.8 Å². The largest absolute Gasteiger partial charge is 0.331 e. The molecule has 1 unspecified atom stereocenters. The molecule has 1 atom stereocenters. The van der Waals surface area contributed by atoms with E-state index in [-0.39, 0.29) is 12.1 Å². The smallest absolute Gasteiger partial charge is 0.320 e. The SMILES string of the molecule is CC(NC(=O)Nc1cc(CN(C)C)ccn1)c1cccc2cccnc12. The summed E-state index contributed by atoms with van der Waals surface area (Å²) in [6.45, 7) is 2.73. The van der Waals surface area contributed by atoms with Gasteiger partial charge >= 0.3 is 6.03 Å². The first-order valence-electron chi connectivity index (χ1n) is 8.54. The van der Waals surface area contributed by atoms with Crippen LogP contribution in [0.15, 0.2) is 54.9 Å². The maximum absolute atomic E-state index is 12.4. The van der Waals surface area contributed by atoms with Crippen molar-refractivity contribution in [2.45, 2.75) is 19.5 Å². The summed E-state index contributed by atoms with van der Waals surface area (Å²) in [6, 6.07) is 13.2. The van der Waals surface area contributed by atoms with Crippen molar-refractivity contribution in [3.8, 4) is 0 Å². The fourth-order valence-electron chi connectivity index (χ4n) is 2.91. The predicted molar refractivity (Wildman–Crippen MR) is 104 cm³/mol. The number of para-hydroxylation sites is 1. The van der Waals surface area contributed by atoms with E-state index in [2.05, 4.69) is 25.5 Å². The Morgan fingerprint density at radius 2 is 1.92 bits per heavy atom. The van der Waals surface area contributed by atoms with Gasteiger partial charge in [-0.1, -0.05) is 24.3 Å². The maximum Gasteiger partial charge on any atom is 0.320 e. The molecule has 2 aromatic heterocycles. The summed E-state index contributed by atoms with van der Waals surface area (Å²) >= 11 is 0. The number of urea groups is 1. The molecule has 134 valence electrons. The van der Waals surface area contributed by atoms with E-state index in [1.165, 1.54) is 0 Å². The molecule has 1 aromatic carbocycles. The minimum Gasteiger partial charge on any atom is -0.331 e. The molecule has 0 saturated carbocycles. The van der Waals surface area contributed by atoms with Gasteiger partial charge in [-0.25, -0.2) is 9.78 Å². The summed E-state index contributed by atoms with van der Waals surface area (Å²) < 4.78 is 0. The summed E-state index contributed by atoms with van der Waals surface area (Å²) in [7, 11) is 4.00. The lowest BCUT2D eigenvalue weighted by Crippen LogP contribution is -2.31. The molecule has 2 amide bonds. The van der Waals surface area contributed by atoms with E-state index in [0.29, 0.717) is 5.82 Å². The highest BCUT2D eigenvalue weighted by molar-refractivity contribution is 5.89. The molecule has 6 nitrogen and oxygen atoms in total. The Hall–Kier alpha value is -2.99. The van der Waals surface area contributed by atoms with Crippen molar-refractivity contribution >= 4 is 22.8 Å². The lowest BCUT2D eigenvalue weighted by molar-refractivity contribution is 0.249. The van der Waals surface area contributed by atoms with Gasteiger partial charge in [0.15, 0.2) is 0 Å². The molecule has 26 heavy (non-hydrogen) atoms. The number of pyridine rings is 2. The molecular weight excluding hydrogens is 326 g/mol. The van der Waals surface area contributed by atoms with E-state index >= 15 is 0 Å². The quantitative estimate of drug-likeness (QED) is 0.739. The number of carbonyl (C=O) groups is 1. The minimum atomic E-state index is -0.292. The molecule has 0 aliphatic rings. The number of hydrogen-bond acceptors (Lipinski definition) is 4. The van der Waals surface area contributed by atoms with Crippen LogP contribution in [0.1, 0.15) is 24.1 Å². The number of nitrogens with one attached hydrogen (secondary N) is 2. The van der Waals surface area contributed by atoms with Crippen LogP contribution in [0.25, 0.3) is 10.9 Å². The van der Waals surface area contributed by atoms with Gasteiger partial charge in [-0.2, -0.15) is 0 Å². The lowest BCUT2D eigenvalue weighted by atomic mass is 10.0. The number of benzene rings is 1. The summed E-state index contributed by atoms with van der Waals surface area (Å²) in [5, 5.41) is 6.81. The van der Waals surface area contributed by atoms with Crippen molar-refractivity contribution < 1.29 is 4.79 Å². The van der Waals surface area contributed by atoms with Crippen molar-refractivity contribution in [2.75, 3.05) is 19.4 Å². The Morgan fingerprint density at radius 1 is 1.12 bits per heavy atom. The molecule has 0 aliphatic heterocycles. The van der Waals surface area contributed by atoms with Gasteiger partial charge in [0.1, 0.15) is 5.82 Å². The molecule has 0 saturated heterocycles. The van der Waals surface area contributed by atoms with Crippen LogP contribution in [0.3, 0.4) is 0 Å². The number of nitrogens with zero attached hydrogens (tertiary/aromatic N) is 3. The third-order valence-electron chi connectivity index (χ3n) is 4.04. The van der Waals surface area contributed by atoms with E-state index in [1.807, 2.05) is 63.5 Å². The van der Waals surface area contributed by atoms with Crippen LogP contribution in [0.2, 0.25) is 0 Å². The Morgan fingerprint density at radius 3 is 2.73 bits per heavy atom. The third kappa shape index (κ3) is 4.34. The monoisotopic (exact) mass is 349 g/mol. The topological polar surface area (TPSA) is 70.2 Å². The zero-order valence-electron chi connectivity index (χ0n) is 15.2. The van der Waals surface area contributed by atoms with Crippen molar-refractivity contribution in [1.82, 2.24) is 20.2 Å². The number of amides is 2. The van der Waals surface area contributed by atoms with Gasteiger partial charge in [0.25, 0.3) is 0 Å². The van der Waals surface area contributed by atoms with E-state index in [4.69, 9.17) is 0 Å². The number of aromatic nitrogens is 2. The van der Waals surface area contributed by atoms with Crippen LogP contribution in [-0.2, 0) is 6.54 Å². The van der Waals surface area contributed by atoms with Crippen LogP contribution < -0.4 is 10.6 Å². The Labute approximate surface area is 153 Å². The van der Waals surface area contributed by atoms with Gasteiger partial charge in [0, 0.05) is 29.9 Å². The zero-order chi connectivity index (χ0) is 18.5. The Kier molecular flexibility index (Phi) is 5.43. The fourth-order valence-corrected chi connectivity index (χ4v) is 2.91. The molecule has 2 N–H and O–H groups in total. The second-order valence-electron chi connectivity index (χ2n) is 6.53. The van der Waals surface area contributed by atoms with E-state index in [9.17, 15) is 4.79 Å². The number of fused-ring (bicyclic) bond motifs is 1. The van der Waals surface area contributed by atoms with Crippen LogP contribution in [-0.4, -0.2) is 35.0 Å². The highest BCUT2D eigenvalue weighted by Gasteiger charge is 2.13. The van der Waals surface area contributed by atoms with Crippen LogP contribution in [0.4, 0.5) is 10.6 Å². The highest BCUT2D eigenvalue weighted by Crippen LogP contribution is 2.22. The first kappa shape index (κ1) is 17.8. The summed E-state index contributed by atoms with van der Waals surface area (Å²) in [5.41, 5.74) is 2.97. The second kappa shape index (κ2) is 7.93. The van der Waals surface area contributed by atoms with E-state index in [1.54, 1.807) is 12.4 Å². The predicted octanol–water partition coefficient (Wildman–Crippen LogP) is 3.57. The van der Waals surface area contributed by atoms with Crippen LogP contribution in [0, 0.1) is 0 Å². The summed E-state index contributed by atoms with van der Waals surface area (Å²) in [4.78, 5) is 23.1. The van der Waals surface area contributed by atoms with Gasteiger partial charge in [-0.15, -0.1) is 0 Å².